The SMILES string of the molecule is CC(=O)O[C@H]1[C@H](n2cc(C)c(=O)[nH]c2=O)O[C@@]2(COCc3ccccc3)[C@@H](OC(=O)c3ccccc3)C=CC[C@]12OCc1ccccc1. The molecule has 1 saturated heterocycles. The van der Waals surface area contributed by atoms with Crippen LogP contribution in [0, 0.1) is 6.92 Å². The topological polar surface area (TPSA) is 135 Å². The van der Waals surface area contributed by atoms with E-state index in [1.807, 2.05) is 60.7 Å². The highest BCUT2D eigenvalue weighted by Crippen LogP contribution is 2.55. The summed E-state index contributed by atoms with van der Waals surface area (Å²) in [6, 6.07) is 27.4. The van der Waals surface area contributed by atoms with E-state index in [1.165, 1.54) is 17.7 Å². The second-order valence-electron chi connectivity index (χ2n) is 11.9. The van der Waals surface area contributed by atoms with E-state index < -0.39 is 52.8 Å². The molecule has 1 aromatic heterocycles. The molecule has 0 saturated carbocycles. The highest BCUT2D eigenvalue weighted by molar-refractivity contribution is 5.89. The Labute approximate surface area is 276 Å². The van der Waals surface area contributed by atoms with Crippen molar-refractivity contribution in [1.82, 2.24) is 9.55 Å². The lowest BCUT2D eigenvalue weighted by atomic mass is 9.71. The summed E-state index contributed by atoms with van der Waals surface area (Å²) in [7, 11) is 0. The Morgan fingerprint density at radius 2 is 1.52 bits per heavy atom. The molecule has 48 heavy (non-hydrogen) atoms. The predicted molar refractivity (Wildman–Crippen MR) is 174 cm³/mol. The summed E-state index contributed by atoms with van der Waals surface area (Å²) in [6.45, 7) is 2.83. The van der Waals surface area contributed by atoms with Gasteiger partial charge in [0.15, 0.2) is 24.0 Å². The number of nitrogens with one attached hydrogen (secondary N) is 1. The molecule has 4 aromatic rings. The minimum atomic E-state index is -1.66. The van der Waals surface area contributed by atoms with Crippen LogP contribution in [0.15, 0.2) is 119 Å². The normalized spacial score (nSPS) is 24.5. The number of carbonyl (C=O) groups excluding carboxylic acids is 2. The number of hydrogen-bond donors (Lipinski definition) is 1. The van der Waals surface area contributed by atoms with Gasteiger partial charge in [-0.05, 0) is 36.3 Å². The molecule has 6 rings (SSSR count). The number of benzene rings is 3. The standard InChI is InChI=1S/C37H36N2O9/c1-25-21-39(35(43)38-32(25)41)33-31(46-26(2)40)36(45-23-28-15-8-4-9-16-28)20-12-19-30(47-34(42)29-17-10-5-11-18-29)37(36,48-33)24-44-22-27-13-6-3-7-14-27/h3-19,21,30-31,33H,20,22-24H2,1-2H3,(H,38,41,43)/t30-,31-,33+,36-,37-/m0/s1. The summed E-state index contributed by atoms with van der Waals surface area (Å²) in [5, 5.41) is 0. The van der Waals surface area contributed by atoms with Crippen LogP contribution in [0.1, 0.15) is 46.6 Å². The fourth-order valence-electron chi connectivity index (χ4n) is 6.35. The Kier molecular flexibility index (Phi) is 9.54. The van der Waals surface area contributed by atoms with Crippen molar-refractivity contribution < 1.29 is 33.3 Å². The first-order valence-electron chi connectivity index (χ1n) is 15.6. The van der Waals surface area contributed by atoms with Gasteiger partial charge in [0, 0.05) is 25.1 Å². The Balaban J connectivity index is 1.51. The number of aryl methyl sites for hydroxylation is 1. The molecule has 1 aliphatic heterocycles. The Bertz CT molecular complexity index is 1890. The monoisotopic (exact) mass is 652 g/mol. The lowest BCUT2D eigenvalue weighted by Crippen LogP contribution is -2.68. The first-order valence-corrected chi connectivity index (χ1v) is 15.6. The van der Waals surface area contributed by atoms with E-state index in [-0.39, 0.29) is 31.8 Å². The van der Waals surface area contributed by atoms with Crippen molar-refractivity contribution in [3.05, 3.63) is 152 Å². The van der Waals surface area contributed by atoms with Gasteiger partial charge in [0.05, 0.1) is 25.4 Å². The van der Waals surface area contributed by atoms with Crippen molar-refractivity contribution in [3.63, 3.8) is 0 Å². The third-order valence-corrected chi connectivity index (χ3v) is 8.68. The molecule has 0 spiro atoms. The number of rotatable bonds is 11. The van der Waals surface area contributed by atoms with Crippen LogP contribution in [0.2, 0.25) is 0 Å². The summed E-state index contributed by atoms with van der Waals surface area (Å²) in [5.74, 6) is -1.28. The van der Waals surface area contributed by atoms with Gasteiger partial charge in [0.1, 0.15) is 5.60 Å². The fourth-order valence-corrected chi connectivity index (χ4v) is 6.35. The Hall–Kier alpha value is -5.10. The van der Waals surface area contributed by atoms with Gasteiger partial charge in [-0.3, -0.25) is 19.1 Å². The average Bonchev–Trinajstić information content (AvgIpc) is 3.36. The summed E-state index contributed by atoms with van der Waals surface area (Å²) < 4.78 is 33.5. The van der Waals surface area contributed by atoms with Gasteiger partial charge in [-0.2, -0.15) is 0 Å². The van der Waals surface area contributed by atoms with Crippen LogP contribution in [0.25, 0.3) is 0 Å². The molecular formula is C37H36N2O9. The van der Waals surface area contributed by atoms with Crippen molar-refractivity contribution in [2.45, 2.75) is 63.1 Å². The van der Waals surface area contributed by atoms with E-state index in [0.717, 1.165) is 11.1 Å². The lowest BCUT2D eigenvalue weighted by molar-refractivity contribution is -0.240. The maximum absolute atomic E-state index is 13.6. The third kappa shape index (κ3) is 6.40. The molecule has 2 heterocycles. The van der Waals surface area contributed by atoms with Crippen LogP contribution in [-0.4, -0.2) is 51.5 Å². The van der Waals surface area contributed by atoms with Gasteiger partial charge in [0.2, 0.25) is 0 Å². The average molecular weight is 653 g/mol. The van der Waals surface area contributed by atoms with Gasteiger partial charge >= 0.3 is 17.6 Å². The van der Waals surface area contributed by atoms with Crippen molar-refractivity contribution in [2.75, 3.05) is 6.61 Å². The van der Waals surface area contributed by atoms with Gasteiger partial charge in [-0.15, -0.1) is 0 Å². The molecule has 1 fully saturated rings. The van der Waals surface area contributed by atoms with E-state index in [2.05, 4.69) is 4.98 Å². The van der Waals surface area contributed by atoms with Gasteiger partial charge in [-0.25, -0.2) is 9.59 Å². The third-order valence-electron chi connectivity index (χ3n) is 8.68. The van der Waals surface area contributed by atoms with Crippen LogP contribution in [0.5, 0.6) is 0 Å². The van der Waals surface area contributed by atoms with Gasteiger partial charge in [0.25, 0.3) is 5.56 Å². The second-order valence-corrected chi connectivity index (χ2v) is 11.9. The number of ether oxygens (including phenoxy) is 5. The summed E-state index contributed by atoms with van der Waals surface area (Å²) >= 11 is 0. The molecule has 1 aliphatic carbocycles. The van der Waals surface area contributed by atoms with Crippen molar-refractivity contribution in [3.8, 4) is 0 Å². The maximum Gasteiger partial charge on any atom is 0.338 e. The molecule has 2 aliphatic rings. The Morgan fingerprint density at radius 3 is 2.17 bits per heavy atom. The minimum Gasteiger partial charge on any atom is -0.454 e. The molecule has 11 nitrogen and oxygen atoms in total. The first-order chi connectivity index (χ1) is 23.2. The fraction of sp³-hybridized carbons (Fsp3) is 0.297. The number of nitrogens with zero attached hydrogens (tertiary/aromatic N) is 1. The number of carbonyl (C=O) groups is 2. The molecule has 5 atom stereocenters. The smallest absolute Gasteiger partial charge is 0.338 e. The van der Waals surface area contributed by atoms with Crippen LogP contribution in [-0.2, 0) is 41.7 Å². The summed E-state index contributed by atoms with van der Waals surface area (Å²) in [6.07, 6.45) is 1.27. The molecule has 11 heteroatoms. The predicted octanol–water partition coefficient (Wildman–Crippen LogP) is 4.40. The quantitative estimate of drug-likeness (QED) is 0.185. The van der Waals surface area contributed by atoms with E-state index in [1.54, 1.807) is 49.4 Å². The number of H-pyrrole nitrogens is 1. The van der Waals surface area contributed by atoms with Crippen molar-refractivity contribution in [2.24, 2.45) is 0 Å². The van der Waals surface area contributed by atoms with Crippen LogP contribution < -0.4 is 11.2 Å². The minimum absolute atomic E-state index is 0.0574. The number of fused-ring (bicyclic) bond motifs is 1. The van der Waals surface area contributed by atoms with Crippen LogP contribution >= 0.6 is 0 Å². The Morgan fingerprint density at radius 1 is 0.896 bits per heavy atom. The molecule has 0 radical (unpaired) electrons. The van der Waals surface area contributed by atoms with E-state index >= 15 is 0 Å². The number of hydrogen-bond acceptors (Lipinski definition) is 9. The maximum atomic E-state index is 13.6. The van der Waals surface area contributed by atoms with Crippen molar-refractivity contribution >= 4 is 11.9 Å². The van der Waals surface area contributed by atoms with Gasteiger partial charge < -0.3 is 23.7 Å². The highest BCUT2D eigenvalue weighted by Gasteiger charge is 2.73. The summed E-state index contributed by atoms with van der Waals surface area (Å²) in [4.78, 5) is 54.5. The first kappa shape index (κ1) is 32.8. The number of aromatic amines is 1. The molecule has 1 N–H and O–H groups in total. The number of esters is 2. The van der Waals surface area contributed by atoms with E-state index in [9.17, 15) is 19.2 Å². The van der Waals surface area contributed by atoms with Crippen LogP contribution in [0.4, 0.5) is 0 Å². The molecule has 0 bridgehead atoms. The molecular weight excluding hydrogens is 616 g/mol. The zero-order chi connectivity index (χ0) is 33.7. The zero-order valence-electron chi connectivity index (χ0n) is 26.6. The number of aromatic nitrogens is 2. The zero-order valence-corrected chi connectivity index (χ0v) is 26.6. The van der Waals surface area contributed by atoms with Crippen molar-refractivity contribution in [1.29, 1.82) is 0 Å². The largest absolute Gasteiger partial charge is 0.454 e. The second kappa shape index (κ2) is 13.9. The van der Waals surface area contributed by atoms with Gasteiger partial charge in [-0.1, -0.05) is 84.9 Å². The van der Waals surface area contributed by atoms with Crippen LogP contribution in [0.3, 0.4) is 0 Å². The lowest BCUT2D eigenvalue weighted by Gasteiger charge is -2.49. The van der Waals surface area contributed by atoms with E-state index in [0.29, 0.717) is 5.56 Å². The molecule has 248 valence electrons. The molecule has 3 aromatic carbocycles. The molecule has 0 amide bonds. The molecule has 0 unspecified atom stereocenters. The summed E-state index contributed by atoms with van der Waals surface area (Å²) in [5.41, 5.74) is -2.33. The van der Waals surface area contributed by atoms with E-state index in [4.69, 9.17) is 23.7 Å². The highest BCUT2D eigenvalue weighted by atomic mass is 16.7.